The molecule has 1 heterocycles. The zero-order valence-electron chi connectivity index (χ0n) is 18.3. The van der Waals surface area contributed by atoms with E-state index in [1.807, 2.05) is 48.6 Å². The minimum atomic E-state index is 0. The minimum absolute atomic E-state index is 0. The number of thioether (sulfide) groups is 1. The highest BCUT2D eigenvalue weighted by atomic mass is 127. The molecule has 0 spiro atoms. The van der Waals surface area contributed by atoms with Gasteiger partial charge in [0.1, 0.15) is 5.75 Å². The highest BCUT2D eigenvalue weighted by Crippen LogP contribution is 2.29. The van der Waals surface area contributed by atoms with Gasteiger partial charge in [-0.25, -0.2) is 4.99 Å². The summed E-state index contributed by atoms with van der Waals surface area (Å²) in [5.41, 5.74) is 3.40. The van der Waals surface area contributed by atoms with Crippen molar-refractivity contribution in [1.29, 1.82) is 0 Å². The monoisotopic (exact) mass is 531 g/mol. The summed E-state index contributed by atoms with van der Waals surface area (Å²) in [5, 5.41) is 11.3. The van der Waals surface area contributed by atoms with Gasteiger partial charge >= 0.3 is 0 Å². The molecule has 0 fully saturated rings. The van der Waals surface area contributed by atoms with Gasteiger partial charge in [0.15, 0.2) is 5.96 Å². The third-order valence-electron chi connectivity index (χ3n) is 4.61. The maximum atomic E-state index is 5.43. The van der Waals surface area contributed by atoms with Gasteiger partial charge in [-0.3, -0.25) is 4.68 Å². The number of para-hydroxylation sites is 1. The van der Waals surface area contributed by atoms with Crippen LogP contribution in [0.15, 0.2) is 34.2 Å². The Labute approximate surface area is 196 Å². The first kappa shape index (κ1) is 25.6. The van der Waals surface area contributed by atoms with E-state index in [2.05, 4.69) is 42.6 Å². The van der Waals surface area contributed by atoms with Crippen LogP contribution >= 0.6 is 35.7 Å². The molecular formula is C21H34IN5OS. The van der Waals surface area contributed by atoms with E-state index < -0.39 is 0 Å². The normalized spacial score (nSPS) is 12.3. The molecule has 162 valence electrons. The van der Waals surface area contributed by atoms with Gasteiger partial charge in [0, 0.05) is 42.0 Å². The Morgan fingerprint density at radius 3 is 2.62 bits per heavy atom. The highest BCUT2D eigenvalue weighted by Gasteiger charge is 2.10. The van der Waals surface area contributed by atoms with E-state index in [1.54, 1.807) is 7.11 Å². The van der Waals surface area contributed by atoms with Gasteiger partial charge in [0.05, 0.1) is 19.3 Å². The molecule has 0 radical (unpaired) electrons. The lowest BCUT2D eigenvalue weighted by molar-refractivity contribution is 0.405. The van der Waals surface area contributed by atoms with Crippen molar-refractivity contribution in [3.8, 4) is 5.75 Å². The number of guanidine groups is 1. The molecule has 0 aliphatic carbocycles. The number of aliphatic imine (C=N–C) groups is 1. The fraction of sp³-hybridized carbons (Fsp3) is 0.524. The summed E-state index contributed by atoms with van der Waals surface area (Å²) in [6.45, 7) is 10.8. The lowest BCUT2D eigenvalue weighted by atomic mass is 10.2. The number of ether oxygens (including phenoxy) is 1. The summed E-state index contributed by atoms with van der Waals surface area (Å²) in [4.78, 5) is 5.93. The second kappa shape index (κ2) is 13.0. The molecule has 29 heavy (non-hydrogen) atoms. The van der Waals surface area contributed by atoms with Crippen molar-refractivity contribution in [3.63, 3.8) is 0 Å². The number of halogens is 1. The third-order valence-corrected chi connectivity index (χ3v) is 5.99. The average Bonchev–Trinajstić information content (AvgIpc) is 2.94. The Morgan fingerprint density at radius 1 is 1.28 bits per heavy atom. The molecule has 0 aliphatic heterocycles. The number of methoxy groups -OCH3 is 1. The standard InChI is InChI=1S/C21H33N5OS.HI/c1-7-22-21(24-13-18-16(3)25-26(5)17(18)4)23-12-15(2)14-28-20-11-9-8-10-19(20)27-6;/h8-11,15H,7,12-14H2,1-6H3,(H2,22,23,24);1H. The number of hydrogen-bond donors (Lipinski definition) is 2. The summed E-state index contributed by atoms with van der Waals surface area (Å²) in [7, 11) is 3.69. The van der Waals surface area contributed by atoms with Crippen molar-refractivity contribution in [2.45, 2.75) is 39.1 Å². The Bertz CT molecular complexity index is 793. The molecule has 8 heteroatoms. The van der Waals surface area contributed by atoms with Gasteiger partial charge in [-0.15, -0.1) is 35.7 Å². The molecule has 0 aliphatic rings. The number of hydrogen-bond acceptors (Lipinski definition) is 4. The fourth-order valence-electron chi connectivity index (χ4n) is 2.85. The van der Waals surface area contributed by atoms with Gasteiger partial charge in [0.2, 0.25) is 0 Å². The summed E-state index contributed by atoms with van der Waals surface area (Å²) >= 11 is 1.83. The van der Waals surface area contributed by atoms with E-state index in [0.29, 0.717) is 12.5 Å². The summed E-state index contributed by atoms with van der Waals surface area (Å²) in [6, 6.07) is 8.15. The Balaban J connectivity index is 0.00000420. The van der Waals surface area contributed by atoms with Gasteiger partial charge in [0.25, 0.3) is 0 Å². The van der Waals surface area contributed by atoms with Crippen LogP contribution in [0, 0.1) is 19.8 Å². The zero-order valence-corrected chi connectivity index (χ0v) is 21.4. The van der Waals surface area contributed by atoms with Crippen molar-refractivity contribution >= 4 is 41.7 Å². The number of benzene rings is 1. The van der Waals surface area contributed by atoms with Gasteiger partial charge in [-0.1, -0.05) is 19.1 Å². The zero-order chi connectivity index (χ0) is 20.5. The van der Waals surface area contributed by atoms with E-state index in [0.717, 1.165) is 36.2 Å². The third kappa shape index (κ3) is 7.73. The highest BCUT2D eigenvalue weighted by molar-refractivity contribution is 14.0. The first-order valence-corrected chi connectivity index (χ1v) is 10.7. The number of nitrogens with zero attached hydrogens (tertiary/aromatic N) is 3. The van der Waals surface area contributed by atoms with E-state index >= 15 is 0 Å². The molecule has 2 N–H and O–H groups in total. The second-order valence-corrected chi connectivity index (χ2v) is 7.98. The van der Waals surface area contributed by atoms with Crippen LogP contribution in [0.2, 0.25) is 0 Å². The molecule has 2 aromatic rings. The summed E-state index contributed by atoms with van der Waals surface area (Å²) < 4.78 is 7.34. The first-order valence-electron chi connectivity index (χ1n) is 9.73. The number of aryl methyl sites for hydroxylation is 2. The van der Waals surface area contributed by atoms with Crippen molar-refractivity contribution in [3.05, 3.63) is 41.2 Å². The molecule has 1 atom stereocenters. The molecular weight excluding hydrogens is 497 g/mol. The molecule has 0 saturated carbocycles. The molecule has 2 rings (SSSR count). The Morgan fingerprint density at radius 2 is 2.00 bits per heavy atom. The van der Waals surface area contributed by atoms with Crippen LogP contribution in [0.3, 0.4) is 0 Å². The fourth-order valence-corrected chi connectivity index (χ4v) is 3.90. The average molecular weight is 532 g/mol. The topological polar surface area (TPSA) is 63.5 Å². The number of aromatic nitrogens is 2. The van der Waals surface area contributed by atoms with Crippen LogP contribution in [0.1, 0.15) is 30.8 Å². The molecule has 0 bridgehead atoms. The van der Waals surface area contributed by atoms with Crippen molar-refractivity contribution < 1.29 is 4.74 Å². The molecule has 1 aromatic carbocycles. The van der Waals surface area contributed by atoms with Crippen LogP contribution in [-0.2, 0) is 13.6 Å². The minimum Gasteiger partial charge on any atom is -0.496 e. The molecule has 0 saturated heterocycles. The Hall–Kier alpha value is -1.42. The van der Waals surface area contributed by atoms with E-state index in [4.69, 9.17) is 9.73 Å². The molecule has 0 amide bonds. The van der Waals surface area contributed by atoms with E-state index in [9.17, 15) is 0 Å². The smallest absolute Gasteiger partial charge is 0.191 e. The molecule has 1 unspecified atom stereocenters. The van der Waals surface area contributed by atoms with Crippen LogP contribution in [0.25, 0.3) is 0 Å². The lowest BCUT2D eigenvalue weighted by Crippen LogP contribution is -2.39. The van der Waals surface area contributed by atoms with Crippen LogP contribution in [0.4, 0.5) is 0 Å². The number of rotatable bonds is 9. The van der Waals surface area contributed by atoms with Crippen molar-refractivity contribution in [2.24, 2.45) is 18.0 Å². The van der Waals surface area contributed by atoms with Gasteiger partial charge in [-0.05, 0) is 38.8 Å². The maximum Gasteiger partial charge on any atom is 0.191 e. The van der Waals surface area contributed by atoms with Gasteiger partial charge in [-0.2, -0.15) is 5.10 Å². The van der Waals surface area contributed by atoms with Gasteiger partial charge < -0.3 is 15.4 Å². The van der Waals surface area contributed by atoms with E-state index in [-0.39, 0.29) is 24.0 Å². The first-order chi connectivity index (χ1) is 13.5. The Kier molecular flexibility index (Phi) is 11.5. The predicted molar refractivity (Wildman–Crippen MR) is 134 cm³/mol. The van der Waals surface area contributed by atoms with Crippen LogP contribution < -0.4 is 15.4 Å². The summed E-state index contributed by atoms with van der Waals surface area (Å²) in [6.07, 6.45) is 0. The largest absolute Gasteiger partial charge is 0.496 e. The summed E-state index contributed by atoms with van der Waals surface area (Å²) in [5.74, 6) is 3.28. The lowest BCUT2D eigenvalue weighted by Gasteiger charge is -2.16. The second-order valence-electron chi connectivity index (χ2n) is 6.92. The van der Waals surface area contributed by atoms with Crippen molar-refractivity contribution in [2.75, 3.05) is 26.0 Å². The predicted octanol–water partition coefficient (Wildman–Crippen LogP) is 4.15. The van der Waals surface area contributed by atoms with Crippen LogP contribution in [0.5, 0.6) is 5.75 Å². The number of nitrogens with one attached hydrogen (secondary N) is 2. The quantitative estimate of drug-likeness (QED) is 0.220. The maximum absolute atomic E-state index is 5.43. The van der Waals surface area contributed by atoms with Crippen LogP contribution in [-0.4, -0.2) is 41.7 Å². The van der Waals surface area contributed by atoms with E-state index in [1.165, 1.54) is 16.2 Å². The molecule has 1 aromatic heterocycles. The van der Waals surface area contributed by atoms with Crippen molar-refractivity contribution in [1.82, 2.24) is 20.4 Å². The SMILES string of the molecule is CCNC(=NCc1c(C)nn(C)c1C)NCC(C)CSc1ccccc1OC.I. The molecule has 6 nitrogen and oxygen atoms in total.